The molecule has 0 bridgehead atoms. The lowest BCUT2D eigenvalue weighted by molar-refractivity contribution is -0.298. The van der Waals surface area contributed by atoms with E-state index in [9.17, 15) is 25.2 Å². The number of aliphatic hydroxyl groups excluding tert-OH is 2. The van der Waals surface area contributed by atoms with Crippen LogP contribution in [0.3, 0.4) is 0 Å². The van der Waals surface area contributed by atoms with Crippen LogP contribution in [0.2, 0.25) is 0 Å². The van der Waals surface area contributed by atoms with Gasteiger partial charge in [0.05, 0.1) is 23.7 Å². The maximum atomic E-state index is 13.6. The van der Waals surface area contributed by atoms with E-state index in [2.05, 4.69) is 10.8 Å². The molecule has 0 unspecified atom stereocenters. The highest BCUT2D eigenvalue weighted by Crippen LogP contribution is 2.38. The van der Waals surface area contributed by atoms with Gasteiger partial charge in [-0.3, -0.25) is 9.69 Å². The van der Waals surface area contributed by atoms with Crippen molar-refractivity contribution >= 4 is 5.97 Å². The van der Waals surface area contributed by atoms with Crippen LogP contribution in [-0.2, 0) is 25.5 Å². The summed E-state index contributed by atoms with van der Waals surface area (Å²) < 4.78 is 18.9. The van der Waals surface area contributed by atoms with Crippen molar-refractivity contribution in [2.45, 2.75) is 148 Å². The second-order valence-corrected chi connectivity index (χ2v) is 15.8. The summed E-state index contributed by atoms with van der Waals surface area (Å²) in [5.74, 6) is 0.752. The van der Waals surface area contributed by atoms with Crippen LogP contribution in [-0.4, -0.2) is 117 Å². The summed E-state index contributed by atoms with van der Waals surface area (Å²) in [5, 5.41) is 46.8. The van der Waals surface area contributed by atoms with Gasteiger partial charge in [-0.1, -0.05) is 52.7 Å². The second-order valence-electron chi connectivity index (χ2n) is 15.8. The van der Waals surface area contributed by atoms with Crippen molar-refractivity contribution in [1.29, 1.82) is 0 Å². The highest BCUT2D eigenvalue weighted by atomic mass is 16.7. The molecule has 10 nitrogen and oxygen atoms in total. The molecule has 0 aromatic heterocycles. The van der Waals surface area contributed by atoms with Crippen LogP contribution >= 0.6 is 0 Å². The molecule has 2 fully saturated rings. The van der Waals surface area contributed by atoms with Gasteiger partial charge in [-0.15, -0.1) is 6.42 Å². The minimum atomic E-state index is -1.69. The zero-order chi connectivity index (χ0) is 37.0. The summed E-state index contributed by atoms with van der Waals surface area (Å²) in [7, 11) is 3.84. The van der Waals surface area contributed by atoms with Gasteiger partial charge in [0.2, 0.25) is 0 Å². The third-order valence-corrected chi connectivity index (χ3v) is 11.5. The molecule has 0 radical (unpaired) electrons. The predicted molar refractivity (Wildman–Crippen MR) is 190 cm³/mol. The van der Waals surface area contributed by atoms with Crippen molar-refractivity contribution in [3.63, 3.8) is 0 Å². The van der Waals surface area contributed by atoms with Crippen molar-refractivity contribution in [3.8, 4) is 12.3 Å². The first-order chi connectivity index (χ1) is 22.7. The SMILES string of the molecule is C#Cc1ccc(CN(C)[C@H]2C[C@@H](C)O[C@@H](O[C@@H]3[C@@H](C)[C@@H](C)[C@@H](C)C(=O)O[C@H](CC)[C@@](C)(O)[C@H](O)[C@@H](C)N(C)C[C@H](C)C[C@@]3(C)O)[C@H]2O)cc1. The summed E-state index contributed by atoms with van der Waals surface area (Å²) >= 11 is 0. The van der Waals surface area contributed by atoms with E-state index >= 15 is 0 Å². The molecule has 0 spiro atoms. The van der Waals surface area contributed by atoms with Crippen LogP contribution in [0.5, 0.6) is 0 Å². The standard InChI is InChI=1S/C39H64N2O8/c1-13-29-15-17-30(18-16-29)22-41(12)31-19-24(4)47-37(33(31)42)49-35-26(6)25(5)27(7)36(44)48-32(14-2)39(10,46)34(43)28(8)40(11)21-23(3)20-38(35,9)45/h1,15-18,23-28,31-35,37,42-43,45-46H,14,19-22H2,2-12H3/t23-,24-,25-,26+,27-,28-,31+,32-,33+,34-,35-,37+,38-,39-/m1/s1. The fraction of sp³-hybridized carbons (Fsp3) is 0.769. The molecule has 2 heterocycles. The zero-order valence-corrected chi connectivity index (χ0v) is 31.7. The van der Waals surface area contributed by atoms with Gasteiger partial charge in [0.15, 0.2) is 6.29 Å². The number of hydrogen-bond acceptors (Lipinski definition) is 10. The first kappa shape index (κ1) is 41.4. The van der Waals surface area contributed by atoms with Crippen LogP contribution in [0.4, 0.5) is 0 Å². The Balaban J connectivity index is 1.95. The number of cyclic esters (lactones) is 1. The summed E-state index contributed by atoms with van der Waals surface area (Å²) in [4.78, 5) is 17.7. The van der Waals surface area contributed by atoms with Gasteiger partial charge in [-0.05, 0) is 96.5 Å². The van der Waals surface area contributed by atoms with Gasteiger partial charge >= 0.3 is 5.97 Å². The van der Waals surface area contributed by atoms with Gasteiger partial charge in [0.1, 0.15) is 23.9 Å². The smallest absolute Gasteiger partial charge is 0.309 e. The number of rotatable bonds is 6. The Bertz CT molecular complexity index is 1250. The number of hydrogen-bond donors (Lipinski definition) is 4. The summed E-state index contributed by atoms with van der Waals surface area (Å²) in [5.41, 5.74) is -1.21. The zero-order valence-electron chi connectivity index (χ0n) is 31.7. The third-order valence-electron chi connectivity index (χ3n) is 11.5. The first-order valence-corrected chi connectivity index (χ1v) is 18.0. The molecule has 0 saturated carbocycles. The summed E-state index contributed by atoms with van der Waals surface area (Å²) in [6.45, 7) is 17.7. The minimum Gasteiger partial charge on any atom is -0.459 e. The Kier molecular flexibility index (Phi) is 14.3. The molecule has 278 valence electrons. The van der Waals surface area contributed by atoms with Gasteiger partial charge in [0.25, 0.3) is 0 Å². The molecule has 49 heavy (non-hydrogen) atoms. The normalized spacial score (nSPS) is 42.1. The van der Waals surface area contributed by atoms with Crippen molar-refractivity contribution in [3.05, 3.63) is 35.4 Å². The van der Waals surface area contributed by atoms with Crippen LogP contribution in [0.1, 0.15) is 92.7 Å². The molecule has 1 aromatic rings. The van der Waals surface area contributed by atoms with E-state index in [1.54, 1.807) is 13.8 Å². The molecule has 3 rings (SSSR count). The molecule has 0 aliphatic carbocycles. The molecule has 2 aliphatic heterocycles. The molecule has 4 N–H and O–H groups in total. The average molecular weight is 689 g/mol. The van der Waals surface area contributed by atoms with E-state index in [4.69, 9.17) is 20.6 Å². The van der Waals surface area contributed by atoms with Crippen LogP contribution in [0.25, 0.3) is 0 Å². The number of aliphatic hydroxyl groups is 4. The number of esters is 1. The van der Waals surface area contributed by atoms with E-state index < -0.39 is 59.8 Å². The molecule has 10 heteroatoms. The van der Waals surface area contributed by atoms with Crippen molar-refractivity contribution in [2.75, 3.05) is 20.6 Å². The van der Waals surface area contributed by atoms with Crippen LogP contribution < -0.4 is 0 Å². The lowest BCUT2D eigenvalue weighted by Gasteiger charge is -2.47. The molecule has 14 atom stereocenters. The summed E-state index contributed by atoms with van der Waals surface area (Å²) in [6, 6.07) is 7.03. The molecular weight excluding hydrogens is 624 g/mol. The number of likely N-dealkylation sites (N-methyl/N-ethyl adjacent to an activating group) is 2. The highest BCUT2D eigenvalue weighted by molar-refractivity contribution is 5.72. The molecule has 1 aromatic carbocycles. The fourth-order valence-electron chi connectivity index (χ4n) is 7.95. The van der Waals surface area contributed by atoms with Gasteiger partial charge in [0, 0.05) is 30.7 Å². The predicted octanol–water partition coefficient (Wildman–Crippen LogP) is 3.80. The van der Waals surface area contributed by atoms with Gasteiger partial charge in [-0.25, -0.2) is 0 Å². The second kappa shape index (κ2) is 17.0. The van der Waals surface area contributed by atoms with Crippen molar-refractivity contribution < 1.29 is 39.4 Å². The van der Waals surface area contributed by atoms with E-state index in [0.29, 0.717) is 32.4 Å². The molecule has 2 saturated heterocycles. The van der Waals surface area contributed by atoms with Crippen molar-refractivity contribution in [1.82, 2.24) is 9.80 Å². The summed E-state index contributed by atoms with van der Waals surface area (Å²) in [6.07, 6.45) is 1.57. The average Bonchev–Trinajstić information content (AvgIpc) is 3.04. The largest absolute Gasteiger partial charge is 0.459 e. The minimum absolute atomic E-state index is 0.0496. The number of carbonyl (C=O) groups is 1. The molecule has 0 amide bonds. The first-order valence-electron chi connectivity index (χ1n) is 18.0. The van der Waals surface area contributed by atoms with E-state index in [-0.39, 0.29) is 29.9 Å². The molecular formula is C39H64N2O8. The quantitative estimate of drug-likeness (QED) is 0.259. The molecule has 2 aliphatic rings. The van der Waals surface area contributed by atoms with E-state index in [0.717, 1.165) is 11.1 Å². The Labute approximate surface area is 295 Å². The van der Waals surface area contributed by atoms with Crippen LogP contribution in [0.15, 0.2) is 24.3 Å². The Morgan fingerprint density at radius 1 is 1.06 bits per heavy atom. The lowest BCUT2D eigenvalue weighted by atomic mass is 9.74. The topological polar surface area (TPSA) is 132 Å². The maximum absolute atomic E-state index is 13.6. The third kappa shape index (κ3) is 9.84. The van der Waals surface area contributed by atoms with Gasteiger partial charge in [-0.2, -0.15) is 0 Å². The number of ether oxygens (including phenoxy) is 3. The van der Waals surface area contributed by atoms with Crippen LogP contribution in [0, 0.1) is 36.0 Å². The number of benzene rings is 1. The lowest BCUT2D eigenvalue weighted by Crippen LogP contribution is -2.59. The number of terminal acetylenes is 1. The Morgan fingerprint density at radius 2 is 1.67 bits per heavy atom. The Hall–Kier alpha value is -2.07. The Morgan fingerprint density at radius 3 is 2.24 bits per heavy atom. The van der Waals surface area contributed by atoms with E-state index in [1.807, 2.05) is 84.8 Å². The van der Waals surface area contributed by atoms with Gasteiger partial charge < -0.3 is 39.5 Å². The fourth-order valence-corrected chi connectivity index (χ4v) is 7.95. The number of nitrogens with zero attached hydrogens (tertiary/aromatic N) is 2. The number of carbonyl (C=O) groups excluding carboxylic acids is 1. The van der Waals surface area contributed by atoms with E-state index in [1.165, 1.54) is 6.92 Å². The monoisotopic (exact) mass is 688 g/mol. The maximum Gasteiger partial charge on any atom is 0.309 e. The van der Waals surface area contributed by atoms with Crippen molar-refractivity contribution in [2.24, 2.45) is 23.7 Å². The highest BCUT2D eigenvalue weighted by Gasteiger charge is 2.49.